The minimum atomic E-state index is -0.329. The van der Waals surface area contributed by atoms with Gasteiger partial charge in [-0.3, -0.25) is 14.6 Å². The maximum atomic E-state index is 13.7. The molecule has 4 aliphatic rings. The summed E-state index contributed by atoms with van der Waals surface area (Å²) in [4.78, 5) is 37.7. The molecule has 2 aromatic carbocycles. The van der Waals surface area contributed by atoms with Gasteiger partial charge in [0.2, 0.25) is 5.91 Å². The number of fused-ring (bicyclic) bond motifs is 3. The quantitative estimate of drug-likeness (QED) is 0.291. The number of hydrogen-bond acceptors (Lipinski definition) is 4. The molecule has 1 aromatic heterocycles. The number of amides is 3. The largest absolute Gasteiger partial charge is 0.336 e. The van der Waals surface area contributed by atoms with Crippen LogP contribution in [0.4, 0.5) is 20.6 Å². The fourth-order valence-electron chi connectivity index (χ4n) is 8.05. The van der Waals surface area contributed by atoms with Crippen molar-refractivity contribution in [1.82, 2.24) is 19.4 Å². The van der Waals surface area contributed by atoms with E-state index >= 15 is 0 Å². The molecule has 2 unspecified atom stereocenters. The van der Waals surface area contributed by atoms with Gasteiger partial charge in [-0.2, -0.15) is 0 Å². The second kappa shape index (κ2) is 12.8. The molecule has 1 saturated carbocycles. The summed E-state index contributed by atoms with van der Waals surface area (Å²) in [6.07, 6.45) is 9.55. The number of imidazole rings is 1. The van der Waals surface area contributed by atoms with Gasteiger partial charge in [0.05, 0.1) is 12.2 Å². The van der Waals surface area contributed by atoms with Gasteiger partial charge in [-0.25, -0.2) is 14.2 Å². The van der Waals surface area contributed by atoms with Gasteiger partial charge in [0, 0.05) is 72.2 Å². The average molecular weight is 633 g/mol. The molecule has 10 heteroatoms. The number of aromatic nitrogens is 2. The fraction of sp³-hybridized carbons (Fsp3) is 0.514. The minimum absolute atomic E-state index is 0.232. The van der Waals surface area contributed by atoms with Gasteiger partial charge >= 0.3 is 6.03 Å². The Morgan fingerprint density at radius 3 is 2.38 bits per heavy atom. The zero-order valence-corrected chi connectivity index (χ0v) is 26.7. The third-order valence-corrected chi connectivity index (χ3v) is 10.7. The Kier molecular flexibility index (Phi) is 8.57. The van der Waals surface area contributed by atoms with Crippen LogP contribution in [0.25, 0.3) is 0 Å². The number of benzene rings is 2. The second-order valence-corrected chi connectivity index (χ2v) is 13.7. The molecule has 238 valence electrons. The molecule has 1 N–H and O–H groups in total. The maximum absolute atomic E-state index is 13.7. The van der Waals surface area contributed by atoms with Crippen LogP contribution in [0.1, 0.15) is 74.6 Å². The van der Waals surface area contributed by atoms with Crippen LogP contribution in [0, 0.1) is 18.7 Å². The monoisotopic (exact) mass is 632 g/mol. The van der Waals surface area contributed by atoms with E-state index in [-0.39, 0.29) is 17.8 Å². The number of halogens is 2. The lowest BCUT2D eigenvalue weighted by Crippen LogP contribution is -2.46. The van der Waals surface area contributed by atoms with Crippen LogP contribution in [-0.4, -0.2) is 63.0 Å². The van der Waals surface area contributed by atoms with Crippen LogP contribution in [0.15, 0.2) is 48.5 Å². The molecule has 2 bridgehead atoms. The van der Waals surface area contributed by atoms with E-state index in [0.717, 1.165) is 63.1 Å². The van der Waals surface area contributed by atoms with Gasteiger partial charge in [-0.05, 0) is 100 Å². The first-order chi connectivity index (χ1) is 21.8. The van der Waals surface area contributed by atoms with Crippen LogP contribution in [0.2, 0.25) is 5.02 Å². The fourth-order valence-corrected chi connectivity index (χ4v) is 8.18. The highest BCUT2D eigenvalue weighted by atomic mass is 35.5. The molecule has 7 rings (SSSR count). The topological polar surface area (TPSA) is 73.7 Å². The third kappa shape index (κ3) is 6.21. The highest BCUT2D eigenvalue weighted by Gasteiger charge is 2.42. The van der Waals surface area contributed by atoms with Crippen molar-refractivity contribution >= 4 is 34.9 Å². The molecule has 0 spiro atoms. The van der Waals surface area contributed by atoms with Gasteiger partial charge in [0.1, 0.15) is 11.6 Å². The first-order valence-corrected chi connectivity index (χ1v) is 16.9. The lowest BCUT2D eigenvalue weighted by atomic mass is 9.84. The SMILES string of the molecule is Cc1nc2c(n1C1CC3CCC(C1)N3CCCN(C(=O)Nc1ccc(Cl)cc1)c1ccc(F)cc1)CCN(C(=O)C1CCC1)C2. The van der Waals surface area contributed by atoms with Crippen LogP contribution >= 0.6 is 11.6 Å². The van der Waals surface area contributed by atoms with Gasteiger partial charge in [-0.15, -0.1) is 0 Å². The van der Waals surface area contributed by atoms with Crippen molar-refractivity contribution in [3.8, 4) is 0 Å². The molecule has 8 nitrogen and oxygen atoms in total. The number of aryl methyl sites for hydroxylation is 1. The number of nitrogens with zero attached hydrogens (tertiary/aromatic N) is 5. The number of rotatable bonds is 8. The van der Waals surface area contributed by atoms with Crippen LogP contribution in [0.5, 0.6) is 0 Å². The predicted molar refractivity (Wildman–Crippen MR) is 174 cm³/mol. The van der Waals surface area contributed by atoms with Crippen LogP contribution in [0.3, 0.4) is 0 Å². The van der Waals surface area contributed by atoms with Gasteiger partial charge in [0.15, 0.2) is 0 Å². The van der Waals surface area contributed by atoms with E-state index in [0.29, 0.717) is 53.5 Å². The average Bonchev–Trinajstić information content (AvgIpc) is 3.45. The Balaban J connectivity index is 0.988. The zero-order chi connectivity index (χ0) is 31.1. The number of nitrogens with one attached hydrogen (secondary N) is 1. The number of anilines is 2. The number of carbonyl (C=O) groups is 2. The first-order valence-electron chi connectivity index (χ1n) is 16.5. The molecule has 2 atom stereocenters. The van der Waals surface area contributed by atoms with E-state index in [1.807, 2.05) is 4.90 Å². The summed E-state index contributed by atoms with van der Waals surface area (Å²) < 4.78 is 16.2. The summed E-state index contributed by atoms with van der Waals surface area (Å²) in [5, 5.41) is 3.57. The van der Waals surface area contributed by atoms with E-state index in [9.17, 15) is 14.0 Å². The Morgan fingerprint density at radius 1 is 1.00 bits per heavy atom. The molecule has 3 fully saturated rings. The molecule has 3 aliphatic heterocycles. The van der Waals surface area contributed by atoms with E-state index in [4.69, 9.17) is 16.6 Å². The summed E-state index contributed by atoms with van der Waals surface area (Å²) in [5.41, 5.74) is 3.76. The van der Waals surface area contributed by atoms with Crippen molar-refractivity contribution in [3.63, 3.8) is 0 Å². The van der Waals surface area contributed by atoms with Crippen molar-refractivity contribution < 1.29 is 14.0 Å². The molecule has 2 saturated heterocycles. The van der Waals surface area contributed by atoms with Gasteiger partial charge in [0.25, 0.3) is 0 Å². The molecule has 4 heterocycles. The molecular weight excluding hydrogens is 591 g/mol. The molecule has 0 radical (unpaired) electrons. The Hall–Kier alpha value is -3.43. The van der Waals surface area contributed by atoms with Crippen LogP contribution < -0.4 is 10.2 Å². The van der Waals surface area contributed by atoms with Crippen molar-refractivity contribution in [2.24, 2.45) is 5.92 Å². The molecule has 1 aliphatic carbocycles. The summed E-state index contributed by atoms with van der Waals surface area (Å²) in [6, 6.07) is 14.3. The van der Waals surface area contributed by atoms with Crippen molar-refractivity contribution in [2.75, 3.05) is 29.9 Å². The van der Waals surface area contributed by atoms with Crippen molar-refractivity contribution in [1.29, 1.82) is 0 Å². The van der Waals surface area contributed by atoms with E-state index in [1.165, 1.54) is 37.1 Å². The molecule has 3 aromatic rings. The maximum Gasteiger partial charge on any atom is 0.326 e. The highest BCUT2D eigenvalue weighted by molar-refractivity contribution is 6.30. The summed E-state index contributed by atoms with van der Waals surface area (Å²) in [7, 11) is 0. The Labute approximate surface area is 269 Å². The lowest BCUT2D eigenvalue weighted by Gasteiger charge is -2.41. The standard InChI is InChI=1S/C35H42ClFN6O2/c1-23-38-32-22-40(34(44)24-4-2-5-24)19-16-33(32)43(23)31-20-29-14-15-30(21-31)41(29)17-3-18-42(28-12-8-26(37)9-13-28)35(45)39-27-10-6-25(36)7-11-27/h6-13,24,29-31H,2-5,14-22H2,1H3,(H,39,45). The molecular formula is C35H42ClFN6O2. The van der Waals surface area contributed by atoms with E-state index < -0.39 is 0 Å². The first kappa shape index (κ1) is 30.2. The van der Waals surface area contributed by atoms with Crippen LogP contribution in [-0.2, 0) is 17.8 Å². The third-order valence-electron chi connectivity index (χ3n) is 10.5. The van der Waals surface area contributed by atoms with E-state index in [2.05, 4.69) is 21.7 Å². The molecule has 45 heavy (non-hydrogen) atoms. The number of piperidine rings is 1. The summed E-state index contributed by atoms with van der Waals surface area (Å²) in [5.74, 6) is 1.31. The Morgan fingerprint density at radius 2 is 1.71 bits per heavy atom. The highest BCUT2D eigenvalue weighted by Crippen LogP contribution is 2.43. The van der Waals surface area contributed by atoms with Crippen molar-refractivity contribution in [2.45, 2.75) is 89.4 Å². The smallest absolute Gasteiger partial charge is 0.326 e. The number of carbonyl (C=O) groups excluding carboxylic acids is 2. The summed E-state index contributed by atoms with van der Waals surface area (Å²) >= 11 is 6.02. The number of hydrogen-bond donors (Lipinski definition) is 1. The lowest BCUT2D eigenvalue weighted by molar-refractivity contribution is -0.139. The minimum Gasteiger partial charge on any atom is -0.336 e. The second-order valence-electron chi connectivity index (χ2n) is 13.2. The normalized spacial score (nSPS) is 23.0. The van der Waals surface area contributed by atoms with E-state index in [1.54, 1.807) is 41.3 Å². The Bertz CT molecular complexity index is 1520. The van der Waals surface area contributed by atoms with Gasteiger partial charge in [-0.1, -0.05) is 18.0 Å². The number of urea groups is 1. The summed E-state index contributed by atoms with van der Waals surface area (Å²) in [6.45, 7) is 5.02. The predicted octanol–water partition coefficient (Wildman–Crippen LogP) is 6.97. The zero-order valence-electron chi connectivity index (χ0n) is 25.9. The molecule has 3 amide bonds. The van der Waals surface area contributed by atoms with Crippen molar-refractivity contribution in [3.05, 3.63) is 76.6 Å². The van der Waals surface area contributed by atoms with Gasteiger partial charge < -0.3 is 14.8 Å².